The molecule has 1 fully saturated rings. The van der Waals surface area contributed by atoms with Gasteiger partial charge in [-0.15, -0.1) is 0 Å². The summed E-state index contributed by atoms with van der Waals surface area (Å²) in [7, 11) is 3.70. The Kier molecular flexibility index (Phi) is 7.18. The van der Waals surface area contributed by atoms with Crippen LogP contribution in [0.3, 0.4) is 0 Å². The Bertz CT molecular complexity index is 602. The van der Waals surface area contributed by atoms with E-state index in [9.17, 15) is 4.79 Å². The number of guanidine groups is 1. The number of carbonyl (C=O) groups is 1. The van der Waals surface area contributed by atoms with Crippen LogP contribution in [0.2, 0.25) is 10.0 Å². The Morgan fingerprint density at radius 2 is 2.08 bits per heavy atom. The normalized spacial score (nSPS) is 14.4. The summed E-state index contributed by atoms with van der Waals surface area (Å²) in [4.78, 5) is 17.9. The largest absolute Gasteiger partial charge is 0.356 e. The molecule has 1 aliphatic carbocycles. The van der Waals surface area contributed by atoms with Crippen molar-refractivity contribution in [3.05, 3.63) is 33.8 Å². The molecule has 1 saturated carbocycles. The van der Waals surface area contributed by atoms with Crippen molar-refractivity contribution in [2.75, 3.05) is 20.6 Å². The van der Waals surface area contributed by atoms with Crippen molar-refractivity contribution >= 4 is 35.1 Å². The summed E-state index contributed by atoms with van der Waals surface area (Å²) in [6.07, 6.45) is 3.56. The van der Waals surface area contributed by atoms with Crippen LogP contribution >= 0.6 is 23.2 Å². The molecule has 0 radical (unpaired) electrons. The van der Waals surface area contributed by atoms with Crippen molar-refractivity contribution in [3.63, 3.8) is 0 Å². The zero-order chi connectivity index (χ0) is 17.5. The number of aliphatic imine (C=N–C) groups is 1. The standard InChI is InChI=1S/C17H24Cl2N4O/c1-20-17(21-9-3-4-16(24)22-13-6-7-13)23(2)11-12-5-8-14(18)15(19)10-12/h5,8,10,13H,3-4,6-7,9,11H2,1-2H3,(H,20,21)(H,22,24). The predicted octanol–water partition coefficient (Wildman–Crippen LogP) is 3.06. The summed E-state index contributed by atoms with van der Waals surface area (Å²) in [6.45, 7) is 1.37. The molecule has 132 valence electrons. The highest BCUT2D eigenvalue weighted by molar-refractivity contribution is 6.42. The Morgan fingerprint density at radius 1 is 1.33 bits per heavy atom. The predicted molar refractivity (Wildman–Crippen MR) is 99.7 cm³/mol. The van der Waals surface area contributed by atoms with Gasteiger partial charge in [-0.1, -0.05) is 29.3 Å². The number of hydrogen-bond acceptors (Lipinski definition) is 2. The SMILES string of the molecule is CN=C(NCCCC(=O)NC1CC1)N(C)Cc1ccc(Cl)c(Cl)c1. The lowest BCUT2D eigenvalue weighted by atomic mass is 10.2. The van der Waals surface area contributed by atoms with E-state index in [0.29, 0.717) is 35.6 Å². The second kappa shape index (κ2) is 9.14. The minimum absolute atomic E-state index is 0.137. The first-order valence-corrected chi connectivity index (χ1v) is 8.90. The zero-order valence-corrected chi connectivity index (χ0v) is 15.6. The number of carbonyl (C=O) groups excluding carboxylic acids is 1. The molecule has 0 aromatic heterocycles. The summed E-state index contributed by atoms with van der Waals surface area (Å²) >= 11 is 12.0. The molecule has 1 aromatic rings. The monoisotopic (exact) mass is 370 g/mol. The minimum atomic E-state index is 0.137. The first kappa shape index (κ1) is 18.9. The molecule has 1 amide bonds. The summed E-state index contributed by atoms with van der Waals surface area (Å²) in [5.74, 6) is 0.919. The number of benzene rings is 1. The summed E-state index contributed by atoms with van der Waals surface area (Å²) < 4.78 is 0. The Balaban J connectivity index is 1.73. The van der Waals surface area contributed by atoms with Gasteiger partial charge in [-0.3, -0.25) is 9.79 Å². The van der Waals surface area contributed by atoms with Gasteiger partial charge < -0.3 is 15.5 Å². The zero-order valence-electron chi connectivity index (χ0n) is 14.1. The minimum Gasteiger partial charge on any atom is -0.356 e. The highest BCUT2D eigenvalue weighted by atomic mass is 35.5. The van der Waals surface area contributed by atoms with Gasteiger partial charge in [0.25, 0.3) is 0 Å². The van der Waals surface area contributed by atoms with E-state index < -0.39 is 0 Å². The van der Waals surface area contributed by atoms with E-state index in [0.717, 1.165) is 30.8 Å². The van der Waals surface area contributed by atoms with Gasteiger partial charge in [-0.05, 0) is 37.0 Å². The molecule has 5 nitrogen and oxygen atoms in total. The molecule has 0 heterocycles. The molecule has 0 saturated heterocycles. The van der Waals surface area contributed by atoms with Crippen molar-refractivity contribution in [2.45, 2.75) is 38.3 Å². The van der Waals surface area contributed by atoms with Crippen LogP contribution in [0.4, 0.5) is 0 Å². The molecular formula is C17H24Cl2N4O. The van der Waals surface area contributed by atoms with E-state index in [4.69, 9.17) is 23.2 Å². The maximum Gasteiger partial charge on any atom is 0.220 e. The molecule has 0 spiro atoms. The number of rotatable bonds is 7. The average molecular weight is 371 g/mol. The molecule has 0 unspecified atom stereocenters. The third-order valence-corrected chi connectivity index (χ3v) is 4.52. The quantitative estimate of drug-likeness (QED) is 0.440. The van der Waals surface area contributed by atoms with Crippen molar-refractivity contribution in [1.82, 2.24) is 15.5 Å². The van der Waals surface area contributed by atoms with Gasteiger partial charge in [0.05, 0.1) is 10.0 Å². The molecule has 2 N–H and O–H groups in total. The van der Waals surface area contributed by atoms with Crippen LogP contribution < -0.4 is 10.6 Å². The van der Waals surface area contributed by atoms with E-state index in [1.807, 2.05) is 24.1 Å². The van der Waals surface area contributed by atoms with Crippen LogP contribution in [0.25, 0.3) is 0 Å². The van der Waals surface area contributed by atoms with E-state index in [-0.39, 0.29) is 5.91 Å². The Labute approximate surface area is 153 Å². The fourth-order valence-electron chi connectivity index (χ4n) is 2.35. The smallest absolute Gasteiger partial charge is 0.220 e. The second-order valence-corrected chi connectivity index (χ2v) is 6.84. The van der Waals surface area contributed by atoms with Crippen LogP contribution in [-0.4, -0.2) is 43.4 Å². The number of halogens is 2. The third kappa shape index (κ3) is 6.21. The summed E-state index contributed by atoms with van der Waals surface area (Å²) in [5.41, 5.74) is 1.05. The molecule has 2 rings (SSSR count). The molecule has 7 heteroatoms. The third-order valence-electron chi connectivity index (χ3n) is 3.78. The van der Waals surface area contributed by atoms with E-state index in [1.165, 1.54) is 0 Å². The maximum absolute atomic E-state index is 11.6. The van der Waals surface area contributed by atoms with Crippen molar-refractivity contribution in [1.29, 1.82) is 0 Å². The lowest BCUT2D eigenvalue weighted by Crippen LogP contribution is -2.39. The fourth-order valence-corrected chi connectivity index (χ4v) is 2.67. The highest BCUT2D eigenvalue weighted by Crippen LogP contribution is 2.23. The molecule has 1 aliphatic rings. The topological polar surface area (TPSA) is 56.7 Å². The second-order valence-electron chi connectivity index (χ2n) is 6.02. The molecular weight excluding hydrogens is 347 g/mol. The van der Waals surface area contributed by atoms with Crippen LogP contribution in [0.15, 0.2) is 23.2 Å². The number of amides is 1. The van der Waals surface area contributed by atoms with Crippen LogP contribution in [0.1, 0.15) is 31.2 Å². The molecule has 1 aromatic carbocycles. The molecule has 24 heavy (non-hydrogen) atoms. The summed E-state index contributed by atoms with van der Waals surface area (Å²) in [5, 5.41) is 7.37. The van der Waals surface area contributed by atoms with Crippen molar-refractivity contribution in [2.24, 2.45) is 4.99 Å². The van der Waals surface area contributed by atoms with E-state index in [2.05, 4.69) is 15.6 Å². The van der Waals surface area contributed by atoms with Gasteiger partial charge in [-0.25, -0.2) is 0 Å². The van der Waals surface area contributed by atoms with E-state index in [1.54, 1.807) is 13.1 Å². The summed E-state index contributed by atoms with van der Waals surface area (Å²) in [6, 6.07) is 6.02. The highest BCUT2D eigenvalue weighted by Gasteiger charge is 2.22. The lowest BCUT2D eigenvalue weighted by Gasteiger charge is -2.22. The molecule has 0 aliphatic heterocycles. The Morgan fingerprint density at radius 3 is 2.71 bits per heavy atom. The molecule has 0 bridgehead atoms. The van der Waals surface area contributed by atoms with Gasteiger partial charge in [-0.2, -0.15) is 0 Å². The Hall–Kier alpha value is -1.46. The van der Waals surface area contributed by atoms with Crippen molar-refractivity contribution in [3.8, 4) is 0 Å². The van der Waals surface area contributed by atoms with Gasteiger partial charge in [0, 0.05) is 39.6 Å². The maximum atomic E-state index is 11.6. The van der Waals surface area contributed by atoms with Gasteiger partial charge in [0.1, 0.15) is 0 Å². The first-order chi connectivity index (χ1) is 11.5. The van der Waals surface area contributed by atoms with E-state index >= 15 is 0 Å². The number of hydrogen-bond donors (Lipinski definition) is 2. The van der Waals surface area contributed by atoms with Gasteiger partial charge in [0.2, 0.25) is 5.91 Å². The molecule has 0 atom stereocenters. The number of nitrogens with one attached hydrogen (secondary N) is 2. The van der Waals surface area contributed by atoms with Gasteiger partial charge in [0.15, 0.2) is 5.96 Å². The van der Waals surface area contributed by atoms with Crippen LogP contribution in [-0.2, 0) is 11.3 Å². The average Bonchev–Trinajstić information content (AvgIpc) is 3.34. The van der Waals surface area contributed by atoms with Gasteiger partial charge >= 0.3 is 0 Å². The number of nitrogens with zero attached hydrogens (tertiary/aromatic N) is 2. The van der Waals surface area contributed by atoms with Crippen molar-refractivity contribution < 1.29 is 4.79 Å². The van der Waals surface area contributed by atoms with Crippen LogP contribution in [0.5, 0.6) is 0 Å². The fraction of sp³-hybridized carbons (Fsp3) is 0.529. The lowest BCUT2D eigenvalue weighted by molar-refractivity contribution is -0.121. The first-order valence-electron chi connectivity index (χ1n) is 8.14. The van der Waals surface area contributed by atoms with Crippen LogP contribution in [0, 0.1) is 0 Å².